The second-order valence-electron chi connectivity index (χ2n) is 8.76. The van der Waals surface area contributed by atoms with Crippen LogP contribution in [0.15, 0.2) is 48.5 Å². The average molecular weight is 472 g/mol. The molecule has 1 saturated carbocycles. The third-order valence-corrected chi connectivity index (χ3v) is 6.12. The van der Waals surface area contributed by atoms with E-state index in [2.05, 4.69) is 15.4 Å². The summed E-state index contributed by atoms with van der Waals surface area (Å²) in [6, 6.07) is 15.3. The van der Waals surface area contributed by atoms with Crippen molar-refractivity contribution in [2.75, 3.05) is 30.9 Å². The summed E-state index contributed by atoms with van der Waals surface area (Å²) in [4.78, 5) is 11.5. The minimum absolute atomic E-state index is 0. The third kappa shape index (κ3) is 6.53. The first-order valence-corrected chi connectivity index (χ1v) is 11.4. The molecule has 1 aliphatic rings. The number of alkyl halides is 2. The van der Waals surface area contributed by atoms with Crippen molar-refractivity contribution < 1.29 is 13.5 Å². The number of hydrogen-bond donors (Lipinski definition) is 2. The van der Waals surface area contributed by atoms with E-state index >= 15 is 0 Å². The summed E-state index contributed by atoms with van der Waals surface area (Å²) in [5.41, 5.74) is 1.69. The molecule has 0 spiro atoms. The average Bonchev–Trinajstić information content (AvgIpc) is 2.80. The minimum atomic E-state index is -2.81. The van der Waals surface area contributed by atoms with Gasteiger partial charge in [-0.3, -0.25) is 0 Å². The lowest BCUT2D eigenvalue weighted by Gasteiger charge is -2.29. The Kier molecular flexibility index (Phi) is 8.98. The number of halogens is 2. The number of fused-ring (bicyclic) bond motifs is 1. The molecule has 34 heavy (non-hydrogen) atoms. The fraction of sp³-hybridized carbons (Fsp3) is 0.462. The largest absolute Gasteiger partial charge is 0.434 e. The van der Waals surface area contributed by atoms with Crippen molar-refractivity contribution in [3.05, 3.63) is 54.1 Å². The molecular weight excluding hydrogens is 436 g/mol. The predicted molar refractivity (Wildman–Crippen MR) is 135 cm³/mol. The van der Waals surface area contributed by atoms with Crippen LogP contribution < -0.4 is 20.3 Å². The quantitative estimate of drug-likeness (QED) is 0.418. The Morgan fingerprint density at radius 1 is 1.00 bits per heavy atom. The maximum absolute atomic E-state index is 12.6. The molecule has 1 aromatic heterocycles. The molecule has 0 saturated heterocycles. The molecule has 0 radical (unpaired) electrons. The highest BCUT2D eigenvalue weighted by Gasteiger charge is 2.22. The van der Waals surface area contributed by atoms with Crippen molar-refractivity contribution in [2.24, 2.45) is 5.92 Å². The van der Waals surface area contributed by atoms with E-state index < -0.39 is 6.61 Å². The van der Waals surface area contributed by atoms with Crippen molar-refractivity contribution in [1.82, 2.24) is 15.3 Å². The molecule has 1 heterocycles. The summed E-state index contributed by atoms with van der Waals surface area (Å²) in [6.07, 6.45) is 4.28. The van der Waals surface area contributed by atoms with Crippen LogP contribution in [0.3, 0.4) is 0 Å². The smallest absolute Gasteiger partial charge is 0.387 e. The van der Waals surface area contributed by atoms with Crippen LogP contribution in [-0.4, -0.2) is 43.3 Å². The number of hydrogen-bond acceptors (Lipinski definition) is 6. The van der Waals surface area contributed by atoms with Crippen LogP contribution in [0.1, 0.15) is 38.7 Å². The standard InChI is InChI=1S/C25H31F2N5O.CH4/c1-32(2)23-20-8-4-5-9-21(20)30-25(31-23)29-19-13-11-17(12-14-19)15-28-16-18-7-3-6-10-22(18)33-24(26)27;/h3-10,17,19,24,28H,11-16H2,1-2H3,(H,29,30,31);1H4. The van der Waals surface area contributed by atoms with Gasteiger partial charge in [-0.15, -0.1) is 0 Å². The van der Waals surface area contributed by atoms with Gasteiger partial charge in [0, 0.05) is 37.6 Å². The van der Waals surface area contributed by atoms with Crippen molar-refractivity contribution in [1.29, 1.82) is 0 Å². The highest BCUT2D eigenvalue weighted by atomic mass is 19.3. The van der Waals surface area contributed by atoms with Crippen molar-refractivity contribution in [2.45, 2.75) is 52.3 Å². The molecule has 2 N–H and O–H groups in total. The van der Waals surface area contributed by atoms with Crippen LogP contribution >= 0.6 is 0 Å². The van der Waals surface area contributed by atoms with Gasteiger partial charge in [0.1, 0.15) is 11.6 Å². The normalized spacial score (nSPS) is 17.9. The topological polar surface area (TPSA) is 62.3 Å². The number of rotatable bonds is 9. The van der Waals surface area contributed by atoms with E-state index in [1.165, 1.54) is 0 Å². The zero-order valence-electron chi connectivity index (χ0n) is 19.1. The van der Waals surface area contributed by atoms with Gasteiger partial charge in [0.05, 0.1) is 5.52 Å². The Morgan fingerprint density at radius 3 is 2.44 bits per heavy atom. The van der Waals surface area contributed by atoms with Gasteiger partial charge in [-0.1, -0.05) is 37.8 Å². The summed E-state index contributed by atoms with van der Waals surface area (Å²) < 4.78 is 29.8. The fourth-order valence-electron chi connectivity index (χ4n) is 4.43. The Labute approximate surface area is 200 Å². The monoisotopic (exact) mass is 471 g/mol. The molecule has 0 unspecified atom stereocenters. The first-order valence-electron chi connectivity index (χ1n) is 11.4. The first-order chi connectivity index (χ1) is 16.0. The molecule has 1 fully saturated rings. The summed E-state index contributed by atoms with van der Waals surface area (Å²) in [7, 11) is 3.99. The van der Waals surface area contributed by atoms with Gasteiger partial charge < -0.3 is 20.3 Å². The van der Waals surface area contributed by atoms with E-state index in [1.807, 2.05) is 55.4 Å². The van der Waals surface area contributed by atoms with E-state index in [-0.39, 0.29) is 13.2 Å². The molecular formula is C26H35F2N5O. The van der Waals surface area contributed by atoms with E-state index in [1.54, 1.807) is 12.1 Å². The van der Waals surface area contributed by atoms with Crippen LogP contribution in [0.5, 0.6) is 5.75 Å². The Hall–Kier alpha value is -3.00. The molecule has 184 valence electrons. The Morgan fingerprint density at radius 2 is 1.71 bits per heavy atom. The summed E-state index contributed by atoms with van der Waals surface area (Å²) >= 11 is 0. The van der Waals surface area contributed by atoms with E-state index in [0.717, 1.165) is 54.5 Å². The molecule has 4 rings (SSSR count). The lowest BCUT2D eigenvalue weighted by Crippen LogP contribution is -2.31. The van der Waals surface area contributed by atoms with Gasteiger partial charge >= 0.3 is 6.61 Å². The first kappa shape index (κ1) is 25.6. The molecule has 1 aliphatic carbocycles. The number of para-hydroxylation sites is 2. The van der Waals surface area contributed by atoms with E-state index in [0.29, 0.717) is 24.5 Å². The maximum Gasteiger partial charge on any atom is 0.387 e. The van der Waals surface area contributed by atoms with E-state index in [4.69, 9.17) is 9.97 Å². The summed E-state index contributed by atoms with van der Waals surface area (Å²) in [5, 5.41) is 8.00. The zero-order valence-corrected chi connectivity index (χ0v) is 19.1. The van der Waals surface area contributed by atoms with Gasteiger partial charge in [-0.2, -0.15) is 13.8 Å². The molecule has 0 bridgehead atoms. The molecule has 2 aromatic carbocycles. The van der Waals surface area contributed by atoms with Gasteiger partial charge in [-0.05, 0) is 56.3 Å². The molecule has 0 amide bonds. The van der Waals surface area contributed by atoms with Gasteiger partial charge in [-0.25, -0.2) is 4.98 Å². The molecule has 8 heteroatoms. The minimum Gasteiger partial charge on any atom is -0.434 e. The number of ether oxygens (including phenoxy) is 1. The summed E-state index contributed by atoms with van der Waals surface area (Å²) in [5.74, 6) is 2.38. The second kappa shape index (κ2) is 11.9. The van der Waals surface area contributed by atoms with Gasteiger partial charge in [0.25, 0.3) is 0 Å². The fourth-order valence-corrected chi connectivity index (χ4v) is 4.43. The molecule has 3 aromatic rings. The van der Waals surface area contributed by atoms with Crippen molar-refractivity contribution >= 4 is 22.7 Å². The van der Waals surface area contributed by atoms with Crippen LogP contribution in [-0.2, 0) is 6.54 Å². The maximum atomic E-state index is 12.6. The lowest BCUT2D eigenvalue weighted by molar-refractivity contribution is -0.0505. The number of nitrogens with one attached hydrogen (secondary N) is 2. The summed E-state index contributed by atoms with van der Waals surface area (Å²) in [6.45, 7) is -1.44. The van der Waals surface area contributed by atoms with E-state index in [9.17, 15) is 8.78 Å². The van der Waals surface area contributed by atoms with Crippen LogP contribution in [0.4, 0.5) is 20.5 Å². The van der Waals surface area contributed by atoms with Gasteiger partial charge in [0.15, 0.2) is 0 Å². The Bertz CT molecular complexity index is 1050. The highest BCUT2D eigenvalue weighted by Crippen LogP contribution is 2.28. The van der Waals surface area contributed by atoms with Gasteiger partial charge in [0.2, 0.25) is 5.95 Å². The third-order valence-electron chi connectivity index (χ3n) is 6.12. The van der Waals surface area contributed by atoms with Crippen molar-refractivity contribution in [3.8, 4) is 5.75 Å². The molecule has 0 aliphatic heterocycles. The van der Waals surface area contributed by atoms with Crippen LogP contribution in [0, 0.1) is 5.92 Å². The SMILES string of the molecule is C.CN(C)c1nc(NC2CCC(CNCc3ccccc3OC(F)F)CC2)nc2ccccc12. The Balaban J connectivity index is 0.00000324. The zero-order chi connectivity index (χ0) is 23.2. The number of anilines is 2. The van der Waals surface area contributed by atoms with Crippen LogP contribution in [0.25, 0.3) is 10.9 Å². The number of nitrogens with zero attached hydrogens (tertiary/aromatic N) is 3. The number of aromatic nitrogens is 2. The second-order valence-corrected chi connectivity index (χ2v) is 8.76. The molecule has 6 nitrogen and oxygen atoms in total. The molecule has 0 atom stereocenters. The van der Waals surface area contributed by atoms with Crippen molar-refractivity contribution in [3.63, 3.8) is 0 Å². The highest BCUT2D eigenvalue weighted by molar-refractivity contribution is 5.90. The predicted octanol–water partition coefficient (Wildman–Crippen LogP) is 5.69. The number of benzene rings is 2. The lowest BCUT2D eigenvalue weighted by atomic mass is 9.86. The van der Waals surface area contributed by atoms with Crippen LogP contribution in [0.2, 0.25) is 0 Å².